The largest absolute Gasteiger partial charge is 0.300 e. The summed E-state index contributed by atoms with van der Waals surface area (Å²) in [6.07, 6.45) is 3.10. The Hall–Kier alpha value is -2.16. The van der Waals surface area contributed by atoms with E-state index >= 15 is 0 Å². The summed E-state index contributed by atoms with van der Waals surface area (Å²) in [6.45, 7) is -0.357. The van der Waals surface area contributed by atoms with Crippen molar-refractivity contribution in [3.05, 3.63) is 51.3 Å². The van der Waals surface area contributed by atoms with Crippen LogP contribution in [0.2, 0.25) is 5.02 Å². The van der Waals surface area contributed by atoms with Crippen LogP contribution >= 0.6 is 34.7 Å². The highest BCUT2D eigenvalue weighted by molar-refractivity contribution is 8.18. The lowest BCUT2D eigenvalue weighted by atomic mass is 10.2. The van der Waals surface area contributed by atoms with Crippen molar-refractivity contribution < 1.29 is 14.4 Å². The van der Waals surface area contributed by atoms with Crippen LogP contribution in [0, 0.1) is 0 Å². The quantitative estimate of drug-likeness (QED) is 0.823. The third-order valence-corrected chi connectivity index (χ3v) is 4.99. The Balaban J connectivity index is 1.72. The predicted octanol–water partition coefficient (Wildman–Crippen LogP) is 3.47. The zero-order valence-electron chi connectivity index (χ0n) is 12.1. The minimum atomic E-state index is -0.515. The summed E-state index contributed by atoms with van der Waals surface area (Å²) in [5.74, 6) is -0.995. The lowest BCUT2D eigenvalue weighted by Crippen LogP contribution is -2.36. The molecule has 0 unspecified atom stereocenters. The van der Waals surface area contributed by atoms with Crippen LogP contribution in [0.1, 0.15) is 5.56 Å². The van der Waals surface area contributed by atoms with Gasteiger partial charge in [0.15, 0.2) is 5.13 Å². The van der Waals surface area contributed by atoms with E-state index in [1.165, 1.54) is 11.3 Å². The van der Waals surface area contributed by atoms with Crippen LogP contribution < -0.4 is 5.32 Å². The van der Waals surface area contributed by atoms with Crippen LogP contribution in [0.4, 0.5) is 9.93 Å². The van der Waals surface area contributed by atoms with Crippen LogP contribution in [0.5, 0.6) is 0 Å². The monoisotopic (exact) mass is 379 g/mol. The first-order chi connectivity index (χ1) is 11.5. The minimum absolute atomic E-state index is 0.232. The van der Waals surface area contributed by atoms with Crippen molar-refractivity contribution >= 4 is 63.0 Å². The second-order valence-corrected chi connectivity index (χ2v) is 6.97. The number of anilines is 1. The Bertz CT molecular complexity index is 836. The van der Waals surface area contributed by atoms with Gasteiger partial charge in [-0.3, -0.25) is 19.3 Å². The summed E-state index contributed by atoms with van der Waals surface area (Å²) in [5.41, 5.74) is 0.636. The molecule has 3 amide bonds. The van der Waals surface area contributed by atoms with Gasteiger partial charge in [-0.2, -0.15) is 0 Å². The summed E-state index contributed by atoms with van der Waals surface area (Å²) in [4.78, 5) is 41.3. The van der Waals surface area contributed by atoms with E-state index in [0.29, 0.717) is 15.7 Å². The number of carbonyl (C=O) groups excluding carboxylic acids is 3. The molecule has 0 radical (unpaired) electrons. The highest BCUT2D eigenvalue weighted by atomic mass is 35.5. The number of nitrogens with one attached hydrogen (secondary N) is 1. The molecule has 0 bridgehead atoms. The zero-order valence-corrected chi connectivity index (χ0v) is 14.5. The van der Waals surface area contributed by atoms with E-state index in [1.54, 1.807) is 41.9 Å². The normalized spacial score (nSPS) is 16.0. The molecular formula is C15H10ClN3O3S2. The average Bonchev–Trinajstić information content (AvgIpc) is 3.14. The van der Waals surface area contributed by atoms with Gasteiger partial charge in [-0.25, -0.2) is 4.98 Å². The van der Waals surface area contributed by atoms with Crippen molar-refractivity contribution in [2.75, 3.05) is 11.9 Å². The first-order valence-corrected chi connectivity index (χ1v) is 8.81. The molecule has 1 aromatic carbocycles. The van der Waals surface area contributed by atoms with E-state index < -0.39 is 17.1 Å². The molecule has 3 rings (SSSR count). The molecular weight excluding hydrogens is 370 g/mol. The molecule has 0 spiro atoms. The second kappa shape index (κ2) is 7.16. The van der Waals surface area contributed by atoms with Crippen LogP contribution in [0.3, 0.4) is 0 Å². The third-order valence-electron chi connectivity index (χ3n) is 3.05. The molecule has 0 saturated carbocycles. The van der Waals surface area contributed by atoms with Crippen LogP contribution in [-0.4, -0.2) is 33.5 Å². The van der Waals surface area contributed by atoms with Gasteiger partial charge in [-0.15, -0.1) is 11.3 Å². The number of benzene rings is 1. The topological polar surface area (TPSA) is 79.4 Å². The smallest absolute Gasteiger partial charge is 0.294 e. The predicted molar refractivity (Wildman–Crippen MR) is 94.9 cm³/mol. The summed E-state index contributed by atoms with van der Waals surface area (Å²) < 4.78 is 0. The molecule has 1 fully saturated rings. The van der Waals surface area contributed by atoms with Gasteiger partial charge in [0.1, 0.15) is 6.54 Å². The number of rotatable bonds is 4. The van der Waals surface area contributed by atoms with Gasteiger partial charge in [0.2, 0.25) is 5.91 Å². The van der Waals surface area contributed by atoms with Gasteiger partial charge in [0, 0.05) is 16.6 Å². The van der Waals surface area contributed by atoms with Crippen LogP contribution in [-0.2, 0) is 9.59 Å². The molecule has 122 valence electrons. The number of halogens is 1. The Labute approximate surface area is 150 Å². The van der Waals surface area contributed by atoms with Gasteiger partial charge < -0.3 is 5.32 Å². The summed E-state index contributed by atoms with van der Waals surface area (Å²) in [5, 5.41) is 4.65. The number of thioether (sulfide) groups is 1. The molecule has 2 aromatic rings. The lowest BCUT2D eigenvalue weighted by molar-refractivity contribution is -0.127. The maximum Gasteiger partial charge on any atom is 0.294 e. The highest BCUT2D eigenvalue weighted by Gasteiger charge is 2.36. The number of aromatic nitrogens is 1. The fourth-order valence-corrected chi connectivity index (χ4v) is 3.52. The van der Waals surface area contributed by atoms with E-state index in [-0.39, 0.29) is 11.4 Å². The summed E-state index contributed by atoms with van der Waals surface area (Å²) in [7, 11) is 0. The minimum Gasteiger partial charge on any atom is -0.300 e. The van der Waals surface area contributed by atoms with Gasteiger partial charge in [0.05, 0.1) is 4.91 Å². The Kier molecular flexibility index (Phi) is 4.98. The van der Waals surface area contributed by atoms with Gasteiger partial charge in [-0.05, 0) is 29.5 Å². The average molecular weight is 380 g/mol. The number of imide groups is 1. The van der Waals surface area contributed by atoms with Gasteiger partial charge in [-0.1, -0.05) is 29.8 Å². The maximum atomic E-state index is 12.3. The van der Waals surface area contributed by atoms with E-state index in [1.807, 2.05) is 0 Å². The Morgan fingerprint density at radius 1 is 1.33 bits per heavy atom. The molecule has 9 heteroatoms. The molecule has 6 nitrogen and oxygen atoms in total. The molecule has 1 aromatic heterocycles. The summed E-state index contributed by atoms with van der Waals surface area (Å²) in [6, 6.07) is 6.99. The molecule has 1 saturated heterocycles. The fourth-order valence-electron chi connectivity index (χ4n) is 1.96. The van der Waals surface area contributed by atoms with Crippen molar-refractivity contribution in [1.29, 1.82) is 0 Å². The molecule has 1 aliphatic rings. The standard InChI is InChI=1S/C15H10ClN3O3S2/c16-10-4-2-1-3-9(10)7-11-13(21)19(15(22)24-11)8-12(20)18-14-17-5-6-23-14/h1-7H,8H2,(H,17,18,20)/b11-7-. The van der Waals surface area contributed by atoms with E-state index in [0.717, 1.165) is 16.7 Å². The molecule has 24 heavy (non-hydrogen) atoms. The molecule has 0 atom stereocenters. The lowest BCUT2D eigenvalue weighted by Gasteiger charge is -2.11. The van der Waals surface area contributed by atoms with Crippen LogP contribution in [0.15, 0.2) is 40.7 Å². The zero-order chi connectivity index (χ0) is 17.1. The van der Waals surface area contributed by atoms with E-state index in [9.17, 15) is 14.4 Å². The molecule has 1 aliphatic heterocycles. The van der Waals surface area contributed by atoms with Crippen molar-refractivity contribution in [2.24, 2.45) is 0 Å². The van der Waals surface area contributed by atoms with E-state index in [2.05, 4.69) is 10.3 Å². The molecule has 1 N–H and O–H groups in total. The number of carbonyl (C=O) groups is 3. The van der Waals surface area contributed by atoms with Gasteiger partial charge >= 0.3 is 0 Å². The summed E-state index contributed by atoms with van der Waals surface area (Å²) >= 11 is 8.09. The number of nitrogens with zero attached hydrogens (tertiary/aromatic N) is 2. The third kappa shape index (κ3) is 3.66. The van der Waals surface area contributed by atoms with Crippen molar-refractivity contribution in [3.8, 4) is 0 Å². The van der Waals surface area contributed by atoms with Crippen molar-refractivity contribution in [2.45, 2.75) is 0 Å². The van der Waals surface area contributed by atoms with Crippen molar-refractivity contribution in [3.63, 3.8) is 0 Å². The van der Waals surface area contributed by atoms with Crippen LogP contribution in [0.25, 0.3) is 6.08 Å². The first kappa shape index (κ1) is 16.7. The highest BCUT2D eigenvalue weighted by Crippen LogP contribution is 2.33. The second-order valence-electron chi connectivity index (χ2n) is 4.67. The van der Waals surface area contributed by atoms with Gasteiger partial charge in [0.25, 0.3) is 11.1 Å². The Morgan fingerprint density at radius 3 is 2.83 bits per heavy atom. The number of hydrogen-bond acceptors (Lipinski definition) is 6. The number of thiazole rings is 1. The SMILES string of the molecule is O=C(CN1C(=O)S/C(=C\c2ccccc2Cl)C1=O)Nc1nccs1. The Morgan fingerprint density at radius 2 is 2.12 bits per heavy atom. The molecule has 2 heterocycles. The van der Waals surface area contributed by atoms with Crippen molar-refractivity contribution in [1.82, 2.24) is 9.88 Å². The maximum absolute atomic E-state index is 12.3. The van der Waals surface area contributed by atoms with E-state index in [4.69, 9.17) is 11.6 Å². The first-order valence-electron chi connectivity index (χ1n) is 6.74. The number of amides is 3. The fraction of sp³-hybridized carbons (Fsp3) is 0.0667. The molecule has 0 aliphatic carbocycles. The number of hydrogen-bond donors (Lipinski definition) is 1.